The van der Waals surface area contributed by atoms with E-state index in [9.17, 15) is 4.79 Å². The van der Waals surface area contributed by atoms with Crippen molar-refractivity contribution >= 4 is 22.9 Å². The van der Waals surface area contributed by atoms with Crippen LogP contribution in [0, 0.1) is 0 Å². The number of thiazole rings is 1. The number of aromatic nitrogens is 1. The second kappa shape index (κ2) is 7.87. The van der Waals surface area contributed by atoms with E-state index in [0.717, 1.165) is 36.9 Å². The van der Waals surface area contributed by atoms with Crippen LogP contribution in [0.2, 0.25) is 0 Å². The van der Waals surface area contributed by atoms with Crippen molar-refractivity contribution in [3.63, 3.8) is 0 Å². The van der Waals surface area contributed by atoms with Gasteiger partial charge in [-0.05, 0) is 30.2 Å². The minimum Gasteiger partial charge on any atom is -0.497 e. The number of methoxy groups -OCH3 is 1. The molecule has 1 saturated heterocycles. The summed E-state index contributed by atoms with van der Waals surface area (Å²) in [7, 11) is 1.67. The van der Waals surface area contributed by atoms with Gasteiger partial charge in [0.15, 0.2) is 0 Å². The summed E-state index contributed by atoms with van der Waals surface area (Å²) >= 11 is 1.65. The fourth-order valence-electron chi connectivity index (χ4n) is 2.92. The van der Waals surface area contributed by atoms with Crippen molar-refractivity contribution in [2.75, 3.05) is 38.2 Å². The number of carbonyl (C=O) groups is 1. The Morgan fingerprint density at radius 1 is 1.20 bits per heavy atom. The van der Waals surface area contributed by atoms with Gasteiger partial charge in [0.1, 0.15) is 10.8 Å². The summed E-state index contributed by atoms with van der Waals surface area (Å²) in [4.78, 5) is 22.4. The van der Waals surface area contributed by atoms with Gasteiger partial charge < -0.3 is 14.5 Å². The van der Waals surface area contributed by atoms with Crippen molar-refractivity contribution in [3.8, 4) is 5.75 Å². The highest BCUT2D eigenvalue weighted by Gasteiger charge is 2.22. The van der Waals surface area contributed by atoms with E-state index < -0.39 is 0 Å². The van der Waals surface area contributed by atoms with Gasteiger partial charge in [-0.1, -0.05) is 13.8 Å². The van der Waals surface area contributed by atoms with Crippen molar-refractivity contribution in [1.82, 2.24) is 9.88 Å². The molecule has 5 nitrogen and oxygen atoms in total. The zero-order chi connectivity index (χ0) is 17.8. The molecule has 0 radical (unpaired) electrons. The molecule has 0 spiro atoms. The van der Waals surface area contributed by atoms with E-state index in [4.69, 9.17) is 4.74 Å². The maximum absolute atomic E-state index is 12.5. The van der Waals surface area contributed by atoms with E-state index in [1.807, 2.05) is 23.2 Å². The van der Waals surface area contributed by atoms with Crippen LogP contribution in [0.4, 0.5) is 5.69 Å². The van der Waals surface area contributed by atoms with E-state index >= 15 is 0 Å². The number of amides is 1. The lowest BCUT2D eigenvalue weighted by atomic mass is 10.2. The molecule has 25 heavy (non-hydrogen) atoms. The number of anilines is 1. The Hall–Kier alpha value is -2.08. The highest BCUT2D eigenvalue weighted by atomic mass is 32.1. The number of piperazine rings is 1. The summed E-state index contributed by atoms with van der Waals surface area (Å²) in [6.07, 6.45) is 2.32. The molecule has 3 rings (SSSR count). The van der Waals surface area contributed by atoms with Crippen LogP contribution in [0.5, 0.6) is 5.75 Å². The Labute approximate surface area is 153 Å². The van der Waals surface area contributed by atoms with Gasteiger partial charge in [-0.15, -0.1) is 11.3 Å². The zero-order valence-corrected chi connectivity index (χ0v) is 15.9. The van der Waals surface area contributed by atoms with Crippen LogP contribution >= 0.6 is 11.3 Å². The number of carbonyl (C=O) groups excluding carboxylic acids is 1. The fourth-order valence-corrected chi connectivity index (χ4v) is 3.84. The zero-order valence-electron chi connectivity index (χ0n) is 15.1. The normalized spacial score (nSPS) is 14.9. The number of hydrogen-bond donors (Lipinski definition) is 0. The number of hydrogen-bond acceptors (Lipinski definition) is 5. The van der Waals surface area contributed by atoms with Gasteiger partial charge in [0.25, 0.3) is 0 Å². The van der Waals surface area contributed by atoms with E-state index in [1.165, 1.54) is 10.6 Å². The number of benzene rings is 1. The summed E-state index contributed by atoms with van der Waals surface area (Å²) in [5.41, 5.74) is 1.18. The van der Waals surface area contributed by atoms with Gasteiger partial charge >= 0.3 is 0 Å². The van der Waals surface area contributed by atoms with Crippen LogP contribution in [0.3, 0.4) is 0 Å². The minimum atomic E-state index is 0.180. The summed E-state index contributed by atoms with van der Waals surface area (Å²) in [5, 5.41) is 0.922. The third kappa shape index (κ3) is 4.31. The Kier molecular flexibility index (Phi) is 5.58. The average Bonchev–Trinajstić information content (AvgIpc) is 3.11. The lowest BCUT2D eigenvalue weighted by Gasteiger charge is -2.36. The third-order valence-electron chi connectivity index (χ3n) is 4.51. The maximum atomic E-state index is 12.5. The minimum absolute atomic E-state index is 0.180. The second-order valence-corrected chi connectivity index (χ2v) is 7.70. The maximum Gasteiger partial charge on any atom is 0.229 e. The first-order valence-electron chi connectivity index (χ1n) is 8.68. The highest BCUT2D eigenvalue weighted by Crippen LogP contribution is 2.23. The molecule has 1 fully saturated rings. The molecule has 1 aromatic carbocycles. The molecular formula is C19H25N3O2S. The summed E-state index contributed by atoms with van der Waals surface area (Å²) in [6.45, 7) is 7.52. The van der Waals surface area contributed by atoms with Gasteiger partial charge in [-0.2, -0.15) is 0 Å². The Morgan fingerprint density at radius 3 is 2.44 bits per heavy atom. The largest absolute Gasteiger partial charge is 0.497 e. The topological polar surface area (TPSA) is 45.7 Å². The quantitative estimate of drug-likeness (QED) is 0.823. The Morgan fingerprint density at radius 2 is 1.88 bits per heavy atom. The van der Waals surface area contributed by atoms with Crippen molar-refractivity contribution in [3.05, 3.63) is 40.3 Å². The van der Waals surface area contributed by atoms with Crippen molar-refractivity contribution in [2.24, 2.45) is 0 Å². The fraction of sp³-hybridized carbons (Fsp3) is 0.474. The van der Waals surface area contributed by atoms with Gasteiger partial charge in [0, 0.05) is 42.9 Å². The number of ether oxygens (including phenoxy) is 1. The number of rotatable bonds is 5. The number of nitrogens with zero attached hydrogens (tertiary/aromatic N) is 3. The van der Waals surface area contributed by atoms with Crippen molar-refractivity contribution < 1.29 is 9.53 Å². The molecule has 1 aromatic heterocycles. The smallest absolute Gasteiger partial charge is 0.229 e. The molecule has 1 aliphatic heterocycles. The van der Waals surface area contributed by atoms with Crippen molar-refractivity contribution in [2.45, 2.75) is 26.2 Å². The molecule has 2 aromatic rings. The Bertz CT molecular complexity index is 704. The van der Waals surface area contributed by atoms with Gasteiger partial charge in [0.05, 0.1) is 13.5 Å². The molecule has 134 valence electrons. The molecule has 0 aliphatic carbocycles. The van der Waals surface area contributed by atoms with Crippen LogP contribution in [-0.4, -0.2) is 49.1 Å². The molecule has 0 saturated carbocycles. The SMILES string of the molecule is COc1ccc(N2CCN(C(=O)Cc3ncc(C(C)C)s3)CC2)cc1. The lowest BCUT2D eigenvalue weighted by molar-refractivity contribution is -0.130. The highest BCUT2D eigenvalue weighted by molar-refractivity contribution is 7.11. The van der Waals surface area contributed by atoms with E-state index in [0.29, 0.717) is 12.3 Å². The predicted octanol–water partition coefficient (Wildman–Crippen LogP) is 3.17. The average molecular weight is 359 g/mol. The first-order valence-corrected chi connectivity index (χ1v) is 9.50. The standard InChI is InChI=1S/C19H25N3O2S/c1-14(2)17-13-20-18(25-17)12-19(23)22-10-8-21(9-11-22)15-4-6-16(24-3)7-5-15/h4-7,13-14H,8-12H2,1-3H3. The predicted molar refractivity (Wildman–Crippen MR) is 102 cm³/mol. The molecule has 0 bridgehead atoms. The Balaban J connectivity index is 1.53. The van der Waals surface area contributed by atoms with Crippen molar-refractivity contribution in [1.29, 1.82) is 0 Å². The summed E-state index contributed by atoms with van der Waals surface area (Å²) in [6, 6.07) is 8.09. The monoisotopic (exact) mass is 359 g/mol. The third-order valence-corrected chi connectivity index (χ3v) is 5.81. The molecule has 0 N–H and O–H groups in total. The first kappa shape index (κ1) is 17.7. The van der Waals surface area contributed by atoms with E-state index in [-0.39, 0.29) is 5.91 Å². The second-order valence-electron chi connectivity index (χ2n) is 6.55. The first-order chi connectivity index (χ1) is 12.1. The molecular weight excluding hydrogens is 334 g/mol. The van der Waals surface area contributed by atoms with Gasteiger partial charge in [0.2, 0.25) is 5.91 Å². The van der Waals surface area contributed by atoms with Crippen LogP contribution in [-0.2, 0) is 11.2 Å². The van der Waals surface area contributed by atoms with Gasteiger partial charge in [-0.3, -0.25) is 4.79 Å². The van der Waals surface area contributed by atoms with E-state index in [1.54, 1.807) is 18.4 Å². The summed E-state index contributed by atoms with van der Waals surface area (Å²) < 4.78 is 5.20. The molecule has 1 amide bonds. The molecule has 1 aliphatic rings. The molecule has 6 heteroatoms. The van der Waals surface area contributed by atoms with Crippen LogP contribution in [0.1, 0.15) is 29.7 Å². The molecule has 0 unspecified atom stereocenters. The molecule has 2 heterocycles. The lowest BCUT2D eigenvalue weighted by Crippen LogP contribution is -2.49. The van der Waals surface area contributed by atoms with Crippen LogP contribution in [0.25, 0.3) is 0 Å². The summed E-state index contributed by atoms with van der Waals surface area (Å²) in [5.74, 6) is 1.51. The van der Waals surface area contributed by atoms with Crippen LogP contribution < -0.4 is 9.64 Å². The van der Waals surface area contributed by atoms with E-state index in [2.05, 4.69) is 35.9 Å². The van der Waals surface area contributed by atoms with Crippen LogP contribution in [0.15, 0.2) is 30.5 Å². The van der Waals surface area contributed by atoms with Gasteiger partial charge in [-0.25, -0.2) is 4.98 Å². The molecule has 0 atom stereocenters.